The molecule has 0 bridgehead atoms. The number of nitrogens with zero attached hydrogens (tertiary/aromatic N) is 2. The van der Waals surface area contributed by atoms with Crippen LogP contribution >= 0.6 is 35.0 Å². The van der Waals surface area contributed by atoms with Crippen molar-refractivity contribution in [1.29, 1.82) is 0 Å². The molecule has 0 saturated carbocycles. The van der Waals surface area contributed by atoms with Crippen LogP contribution in [0.4, 0.5) is 5.69 Å². The highest BCUT2D eigenvalue weighted by molar-refractivity contribution is 8.00. The highest BCUT2D eigenvalue weighted by atomic mass is 35.5. The standard InChI is InChI=1S/C22H21Cl2N3O3S/c1-13(20(28)25-18-10-4-8-16(23)19(18)24)31-22-26-17-9-3-2-7-15(17)21(29)27(22)12-14-6-5-11-30-14/h2-4,7-10,13-14H,5-6,11-12H2,1H3,(H,25,28). The summed E-state index contributed by atoms with van der Waals surface area (Å²) in [5.41, 5.74) is 0.910. The van der Waals surface area contributed by atoms with Crippen LogP contribution in [0.3, 0.4) is 0 Å². The summed E-state index contributed by atoms with van der Waals surface area (Å²) < 4.78 is 7.36. The van der Waals surface area contributed by atoms with E-state index in [2.05, 4.69) is 10.3 Å². The molecule has 0 aliphatic carbocycles. The molecule has 4 rings (SSSR count). The summed E-state index contributed by atoms with van der Waals surface area (Å²) >= 11 is 13.4. The first-order valence-corrected chi connectivity index (χ1v) is 11.6. The average molecular weight is 478 g/mol. The number of amides is 1. The Kier molecular flexibility index (Phi) is 6.86. The van der Waals surface area contributed by atoms with Crippen LogP contribution in [0, 0.1) is 0 Å². The lowest BCUT2D eigenvalue weighted by Gasteiger charge is -2.18. The van der Waals surface area contributed by atoms with Crippen molar-refractivity contribution in [2.24, 2.45) is 0 Å². The number of benzene rings is 2. The third-order valence-corrected chi connectivity index (χ3v) is 7.01. The minimum Gasteiger partial charge on any atom is -0.376 e. The topological polar surface area (TPSA) is 73.2 Å². The SMILES string of the molecule is CC(Sc1nc2ccccc2c(=O)n1CC1CCCO1)C(=O)Nc1cccc(Cl)c1Cl. The molecule has 1 N–H and O–H groups in total. The Balaban J connectivity index is 1.62. The lowest BCUT2D eigenvalue weighted by atomic mass is 10.2. The first-order chi connectivity index (χ1) is 14.9. The molecule has 3 aromatic rings. The maximum Gasteiger partial charge on any atom is 0.262 e. The molecule has 1 aliphatic heterocycles. The van der Waals surface area contributed by atoms with Gasteiger partial charge in [-0.1, -0.05) is 53.2 Å². The van der Waals surface area contributed by atoms with Crippen LogP contribution in [0.1, 0.15) is 19.8 Å². The van der Waals surface area contributed by atoms with E-state index in [0.717, 1.165) is 12.8 Å². The summed E-state index contributed by atoms with van der Waals surface area (Å²) in [6.07, 6.45) is 1.84. The molecule has 2 atom stereocenters. The third kappa shape index (κ3) is 4.90. The molecule has 1 aromatic heterocycles. The molecule has 9 heteroatoms. The number of rotatable bonds is 6. The van der Waals surface area contributed by atoms with E-state index in [1.807, 2.05) is 12.1 Å². The van der Waals surface area contributed by atoms with Gasteiger partial charge in [0.15, 0.2) is 5.16 Å². The summed E-state index contributed by atoms with van der Waals surface area (Å²) in [7, 11) is 0. The monoisotopic (exact) mass is 477 g/mol. The number of halogens is 2. The van der Waals surface area contributed by atoms with E-state index in [1.165, 1.54) is 11.8 Å². The summed E-state index contributed by atoms with van der Waals surface area (Å²) in [6.45, 7) is 2.87. The Hall–Kier alpha value is -2.06. The Bertz CT molecular complexity index is 1180. The maximum absolute atomic E-state index is 13.2. The molecule has 162 valence electrons. The quantitative estimate of drug-likeness (QED) is 0.399. The van der Waals surface area contributed by atoms with Gasteiger partial charge < -0.3 is 10.1 Å². The van der Waals surface area contributed by atoms with E-state index >= 15 is 0 Å². The van der Waals surface area contributed by atoms with E-state index in [0.29, 0.717) is 39.9 Å². The van der Waals surface area contributed by atoms with Crippen molar-refractivity contribution in [3.63, 3.8) is 0 Å². The number of carbonyl (C=O) groups excluding carboxylic acids is 1. The molecule has 2 heterocycles. The zero-order chi connectivity index (χ0) is 22.0. The number of carbonyl (C=O) groups is 1. The zero-order valence-corrected chi connectivity index (χ0v) is 19.1. The van der Waals surface area contributed by atoms with Crippen LogP contribution in [-0.4, -0.2) is 33.4 Å². The third-order valence-electron chi connectivity index (χ3n) is 5.10. The summed E-state index contributed by atoms with van der Waals surface area (Å²) in [6, 6.07) is 12.3. The molecule has 1 amide bonds. The number of para-hydroxylation sites is 1. The lowest BCUT2D eigenvalue weighted by Crippen LogP contribution is -2.30. The molecular weight excluding hydrogens is 457 g/mol. The van der Waals surface area contributed by atoms with Gasteiger partial charge in [0.2, 0.25) is 5.91 Å². The van der Waals surface area contributed by atoms with Gasteiger partial charge in [-0.2, -0.15) is 0 Å². The van der Waals surface area contributed by atoms with E-state index < -0.39 is 5.25 Å². The largest absolute Gasteiger partial charge is 0.376 e. The Morgan fingerprint density at radius 3 is 2.87 bits per heavy atom. The fraction of sp³-hybridized carbons (Fsp3) is 0.318. The number of thioether (sulfide) groups is 1. The highest BCUT2D eigenvalue weighted by Gasteiger charge is 2.23. The van der Waals surface area contributed by atoms with Gasteiger partial charge in [-0.3, -0.25) is 14.2 Å². The van der Waals surface area contributed by atoms with Gasteiger partial charge in [0, 0.05) is 6.61 Å². The zero-order valence-electron chi connectivity index (χ0n) is 16.8. The van der Waals surface area contributed by atoms with Crippen molar-refractivity contribution in [1.82, 2.24) is 9.55 Å². The summed E-state index contributed by atoms with van der Waals surface area (Å²) in [4.78, 5) is 30.7. The second-order valence-corrected chi connectivity index (χ2v) is 9.41. The number of nitrogens with one attached hydrogen (secondary N) is 1. The van der Waals surface area contributed by atoms with Crippen LogP contribution < -0.4 is 10.9 Å². The Morgan fingerprint density at radius 2 is 2.10 bits per heavy atom. The smallest absolute Gasteiger partial charge is 0.262 e. The lowest BCUT2D eigenvalue weighted by molar-refractivity contribution is -0.115. The Labute approximate surface area is 193 Å². The minimum absolute atomic E-state index is 0.0330. The van der Waals surface area contributed by atoms with E-state index in [-0.39, 0.29) is 22.6 Å². The summed E-state index contributed by atoms with van der Waals surface area (Å²) in [5, 5.41) is 3.95. The average Bonchev–Trinajstić information content (AvgIpc) is 3.27. The summed E-state index contributed by atoms with van der Waals surface area (Å²) in [5.74, 6) is -0.264. The van der Waals surface area contributed by atoms with Gasteiger partial charge in [-0.25, -0.2) is 4.98 Å². The molecule has 1 fully saturated rings. The molecule has 2 aromatic carbocycles. The maximum atomic E-state index is 13.2. The predicted molar refractivity (Wildman–Crippen MR) is 125 cm³/mol. The molecule has 1 aliphatic rings. The number of hydrogen-bond acceptors (Lipinski definition) is 5. The van der Waals surface area contributed by atoms with E-state index in [4.69, 9.17) is 27.9 Å². The molecular formula is C22H21Cl2N3O3S. The van der Waals surface area contributed by atoms with Crippen LogP contribution in [0.25, 0.3) is 10.9 Å². The Morgan fingerprint density at radius 1 is 1.29 bits per heavy atom. The second kappa shape index (κ2) is 9.61. The van der Waals surface area contributed by atoms with Crippen molar-refractivity contribution in [2.45, 2.75) is 42.8 Å². The number of fused-ring (bicyclic) bond motifs is 1. The van der Waals surface area contributed by atoms with Crippen LogP contribution in [-0.2, 0) is 16.1 Å². The van der Waals surface area contributed by atoms with E-state index in [9.17, 15) is 9.59 Å². The number of aromatic nitrogens is 2. The van der Waals surface area contributed by atoms with Crippen molar-refractivity contribution in [3.8, 4) is 0 Å². The van der Waals surface area contributed by atoms with Crippen LogP contribution in [0.2, 0.25) is 10.0 Å². The van der Waals surface area contributed by atoms with Crippen molar-refractivity contribution in [3.05, 3.63) is 62.9 Å². The first kappa shape index (κ1) is 22.1. The van der Waals surface area contributed by atoms with Gasteiger partial charge in [0.1, 0.15) is 0 Å². The van der Waals surface area contributed by atoms with Crippen molar-refractivity contribution >= 4 is 57.5 Å². The van der Waals surface area contributed by atoms with Gasteiger partial charge >= 0.3 is 0 Å². The van der Waals surface area contributed by atoms with Gasteiger partial charge in [-0.05, 0) is 44.0 Å². The molecule has 0 radical (unpaired) electrons. The van der Waals surface area contributed by atoms with E-state index in [1.54, 1.807) is 41.8 Å². The molecule has 31 heavy (non-hydrogen) atoms. The van der Waals surface area contributed by atoms with Gasteiger partial charge in [-0.15, -0.1) is 0 Å². The van der Waals surface area contributed by atoms with Crippen LogP contribution in [0.5, 0.6) is 0 Å². The highest BCUT2D eigenvalue weighted by Crippen LogP contribution is 2.31. The minimum atomic E-state index is -0.529. The second-order valence-electron chi connectivity index (χ2n) is 7.31. The van der Waals surface area contributed by atoms with Crippen LogP contribution in [0.15, 0.2) is 52.4 Å². The molecule has 1 saturated heterocycles. The number of hydrogen-bond donors (Lipinski definition) is 1. The number of ether oxygens (including phenoxy) is 1. The predicted octanol–water partition coefficient (Wildman–Crippen LogP) is 5.00. The normalized spacial score (nSPS) is 17.1. The molecule has 2 unspecified atom stereocenters. The fourth-order valence-corrected chi connectivity index (χ4v) is 4.70. The number of anilines is 1. The van der Waals surface area contributed by atoms with Crippen molar-refractivity contribution in [2.75, 3.05) is 11.9 Å². The van der Waals surface area contributed by atoms with Gasteiger partial charge in [0.25, 0.3) is 5.56 Å². The first-order valence-electron chi connectivity index (χ1n) is 9.96. The van der Waals surface area contributed by atoms with Gasteiger partial charge in [0.05, 0.1) is 44.5 Å². The fourth-order valence-electron chi connectivity index (χ4n) is 3.44. The van der Waals surface area contributed by atoms with Crippen molar-refractivity contribution < 1.29 is 9.53 Å². The molecule has 0 spiro atoms. The molecule has 6 nitrogen and oxygen atoms in total.